The van der Waals surface area contributed by atoms with Gasteiger partial charge in [-0.3, -0.25) is 10.1 Å². The topological polar surface area (TPSA) is 121 Å². The van der Waals surface area contributed by atoms with Crippen LogP contribution in [0.1, 0.15) is 30.0 Å². The Hall–Kier alpha value is -3.81. The van der Waals surface area contributed by atoms with Gasteiger partial charge in [-0.2, -0.15) is 0 Å². The predicted molar refractivity (Wildman–Crippen MR) is 109 cm³/mol. The van der Waals surface area contributed by atoms with Crippen LogP contribution < -0.4 is 15.8 Å². The SMILES string of the molecule is CC(C)C(OC(=O)c1oc2ccccc2c1COc1ccccc1)C(=O)NC(N)=O. The summed E-state index contributed by atoms with van der Waals surface area (Å²) in [6, 6.07) is 15.2. The maximum Gasteiger partial charge on any atom is 0.375 e. The van der Waals surface area contributed by atoms with Crippen LogP contribution in [0.15, 0.2) is 59.0 Å². The molecule has 8 nitrogen and oxygen atoms in total. The molecule has 1 unspecified atom stereocenters. The fraction of sp³-hybridized carbons (Fsp3) is 0.227. The number of hydrogen-bond donors (Lipinski definition) is 2. The zero-order valence-electron chi connectivity index (χ0n) is 16.6. The molecule has 3 rings (SSSR count). The molecule has 0 radical (unpaired) electrons. The highest BCUT2D eigenvalue weighted by molar-refractivity contribution is 6.00. The molecule has 1 atom stereocenters. The van der Waals surface area contributed by atoms with Crippen LogP contribution in [0.4, 0.5) is 4.79 Å². The molecule has 3 N–H and O–H groups in total. The second-order valence-electron chi connectivity index (χ2n) is 6.93. The van der Waals surface area contributed by atoms with Gasteiger partial charge in [-0.1, -0.05) is 50.2 Å². The molecule has 0 saturated heterocycles. The van der Waals surface area contributed by atoms with E-state index in [0.29, 0.717) is 22.3 Å². The number of nitrogens with one attached hydrogen (secondary N) is 1. The summed E-state index contributed by atoms with van der Waals surface area (Å²) in [6.45, 7) is 3.42. The number of carbonyl (C=O) groups excluding carboxylic acids is 3. The Bertz CT molecular complexity index is 1060. The molecule has 0 bridgehead atoms. The number of amides is 3. The fourth-order valence-corrected chi connectivity index (χ4v) is 2.93. The largest absolute Gasteiger partial charge is 0.489 e. The zero-order chi connectivity index (χ0) is 21.7. The number of fused-ring (bicyclic) bond motifs is 1. The molecule has 0 fully saturated rings. The van der Waals surface area contributed by atoms with Gasteiger partial charge in [-0.15, -0.1) is 0 Å². The molecule has 8 heteroatoms. The van der Waals surface area contributed by atoms with Crippen LogP contribution in [0, 0.1) is 5.92 Å². The molecule has 1 aromatic heterocycles. The van der Waals surface area contributed by atoms with Crippen molar-refractivity contribution in [2.75, 3.05) is 0 Å². The standard InChI is InChI=1S/C22H22N2O6/c1-13(2)18(20(25)24-22(23)27)30-21(26)19-16(12-28-14-8-4-3-5-9-14)15-10-6-7-11-17(15)29-19/h3-11,13,18H,12H2,1-2H3,(H3,23,24,25,27). The summed E-state index contributed by atoms with van der Waals surface area (Å²) in [7, 11) is 0. The third-order valence-electron chi connectivity index (χ3n) is 4.35. The highest BCUT2D eigenvalue weighted by Gasteiger charge is 2.31. The lowest BCUT2D eigenvalue weighted by Gasteiger charge is -2.19. The van der Waals surface area contributed by atoms with E-state index in [1.807, 2.05) is 29.6 Å². The first-order chi connectivity index (χ1) is 14.4. The molecule has 3 amide bonds. The second-order valence-corrected chi connectivity index (χ2v) is 6.93. The molecule has 0 spiro atoms. The Kier molecular flexibility index (Phi) is 6.36. The number of benzene rings is 2. The Morgan fingerprint density at radius 3 is 2.37 bits per heavy atom. The van der Waals surface area contributed by atoms with E-state index in [4.69, 9.17) is 19.6 Å². The summed E-state index contributed by atoms with van der Waals surface area (Å²) >= 11 is 0. The van der Waals surface area contributed by atoms with Crippen LogP contribution in [0.25, 0.3) is 11.0 Å². The van der Waals surface area contributed by atoms with E-state index in [1.165, 1.54) is 0 Å². The average molecular weight is 410 g/mol. The third-order valence-corrected chi connectivity index (χ3v) is 4.35. The number of urea groups is 1. The lowest BCUT2D eigenvalue weighted by Crippen LogP contribution is -2.45. The van der Waals surface area contributed by atoms with Crippen LogP contribution in [-0.4, -0.2) is 24.0 Å². The van der Waals surface area contributed by atoms with E-state index in [-0.39, 0.29) is 12.4 Å². The van der Waals surface area contributed by atoms with E-state index in [2.05, 4.69) is 0 Å². The molecule has 3 aromatic rings. The highest BCUT2D eigenvalue weighted by Crippen LogP contribution is 2.28. The van der Waals surface area contributed by atoms with Crippen LogP contribution in [0.2, 0.25) is 0 Å². The van der Waals surface area contributed by atoms with Crippen molar-refractivity contribution in [3.8, 4) is 5.75 Å². The molecule has 0 aliphatic rings. The maximum atomic E-state index is 12.9. The van der Waals surface area contributed by atoms with Crippen LogP contribution in [-0.2, 0) is 16.1 Å². The molecular weight excluding hydrogens is 388 g/mol. The van der Waals surface area contributed by atoms with Crippen molar-refractivity contribution in [1.82, 2.24) is 5.32 Å². The van der Waals surface area contributed by atoms with E-state index < -0.39 is 29.9 Å². The first-order valence-corrected chi connectivity index (χ1v) is 9.36. The van der Waals surface area contributed by atoms with Crippen LogP contribution in [0.5, 0.6) is 5.75 Å². The van der Waals surface area contributed by atoms with Gasteiger partial charge in [0.15, 0.2) is 6.10 Å². The summed E-state index contributed by atoms with van der Waals surface area (Å²) in [5.41, 5.74) is 5.98. The van der Waals surface area contributed by atoms with Crippen molar-refractivity contribution in [1.29, 1.82) is 0 Å². The number of nitrogens with two attached hydrogens (primary N) is 1. The van der Waals surface area contributed by atoms with Crippen molar-refractivity contribution >= 4 is 28.9 Å². The molecular formula is C22H22N2O6. The third kappa shape index (κ3) is 4.78. The van der Waals surface area contributed by atoms with Gasteiger partial charge in [0, 0.05) is 5.39 Å². The molecule has 0 aliphatic carbocycles. The van der Waals surface area contributed by atoms with E-state index in [0.717, 1.165) is 0 Å². The quantitative estimate of drug-likeness (QED) is 0.576. The van der Waals surface area contributed by atoms with Gasteiger partial charge in [0.05, 0.1) is 5.56 Å². The minimum Gasteiger partial charge on any atom is -0.489 e. The normalized spacial score (nSPS) is 11.8. The van der Waals surface area contributed by atoms with Crippen molar-refractivity contribution in [2.24, 2.45) is 11.7 Å². The Labute approximate surface area is 172 Å². The van der Waals surface area contributed by atoms with E-state index >= 15 is 0 Å². The number of para-hydroxylation sites is 2. The molecule has 2 aromatic carbocycles. The minimum atomic E-state index is -1.22. The van der Waals surface area contributed by atoms with Gasteiger partial charge in [-0.25, -0.2) is 9.59 Å². The number of furan rings is 1. The number of imide groups is 1. The average Bonchev–Trinajstić information content (AvgIpc) is 3.09. The maximum absolute atomic E-state index is 12.9. The van der Waals surface area contributed by atoms with Crippen LogP contribution in [0.3, 0.4) is 0 Å². The van der Waals surface area contributed by atoms with Gasteiger partial charge >= 0.3 is 12.0 Å². The van der Waals surface area contributed by atoms with Crippen molar-refractivity contribution in [2.45, 2.75) is 26.6 Å². The summed E-state index contributed by atoms with van der Waals surface area (Å²) < 4.78 is 16.9. The van der Waals surface area contributed by atoms with Gasteiger partial charge in [0.2, 0.25) is 5.76 Å². The van der Waals surface area contributed by atoms with Crippen molar-refractivity contribution in [3.63, 3.8) is 0 Å². The number of ether oxygens (including phenoxy) is 2. The van der Waals surface area contributed by atoms with E-state index in [9.17, 15) is 14.4 Å². The number of rotatable bonds is 7. The fourth-order valence-electron chi connectivity index (χ4n) is 2.93. The number of hydrogen-bond acceptors (Lipinski definition) is 6. The number of esters is 1. The summed E-state index contributed by atoms with van der Waals surface area (Å²) in [5.74, 6) is -1.48. The molecule has 0 aliphatic heterocycles. The van der Waals surface area contributed by atoms with Gasteiger partial charge < -0.3 is 19.6 Å². The summed E-state index contributed by atoms with van der Waals surface area (Å²) in [6.07, 6.45) is -1.22. The molecule has 0 saturated carbocycles. The Balaban J connectivity index is 1.89. The monoisotopic (exact) mass is 410 g/mol. The first-order valence-electron chi connectivity index (χ1n) is 9.36. The number of carbonyl (C=O) groups is 3. The summed E-state index contributed by atoms with van der Waals surface area (Å²) in [5, 5.41) is 2.63. The van der Waals surface area contributed by atoms with Gasteiger partial charge in [0.1, 0.15) is 17.9 Å². The molecule has 1 heterocycles. The molecule has 156 valence electrons. The smallest absolute Gasteiger partial charge is 0.375 e. The van der Waals surface area contributed by atoms with Crippen molar-refractivity contribution < 1.29 is 28.3 Å². The Morgan fingerprint density at radius 1 is 1.03 bits per heavy atom. The first kappa shape index (κ1) is 20.9. The van der Waals surface area contributed by atoms with Crippen molar-refractivity contribution in [3.05, 3.63) is 65.9 Å². The van der Waals surface area contributed by atoms with E-state index in [1.54, 1.807) is 44.2 Å². The Morgan fingerprint density at radius 2 is 1.70 bits per heavy atom. The minimum absolute atomic E-state index is 0.0608. The van der Waals surface area contributed by atoms with Gasteiger partial charge in [0.25, 0.3) is 5.91 Å². The lowest BCUT2D eigenvalue weighted by molar-refractivity contribution is -0.131. The second kappa shape index (κ2) is 9.13. The highest BCUT2D eigenvalue weighted by atomic mass is 16.6. The zero-order valence-corrected chi connectivity index (χ0v) is 16.6. The summed E-state index contributed by atoms with van der Waals surface area (Å²) in [4.78, 5) is 36.1. The van der Waals surface area contributed by atoms with Gasteiger partial charge in [-0.05, 0) is 24.1 Å². The molecule has 30 heavy (non-hydrogen) atoms. The van der Waals surface area contributed by atoms with Crippen LogP contribution >= 0.6 is 0 Å². The number of primary amides is 1. The lowest BCUT2D eigenvalue weighted by atomic mass is 10.1. The predicted octanol–water partition coefficient (Wildman–Crippen LogP) is 3.39.